The smallest absolute Gasteiger partial charge is 0.327 e. The van der Waals surface area contributed by atoms with Crippen LogP contribution in [0.15, 0.2) is 0 Å². The van der Waals surface area contributed by atoms with Gasteiger partial charge in [-0.25, -0.2) is 4.79 Å². The Bertz CT molecular complexity index is 479. The number of amides is 1. The molecule has 1 fully saturated rings. The van der Waals surface area contributed by atoms with Gasteiger partial charge in [-0.3, -0.25) is 4.79 Å². The third-order valence-electron chi connectivity index (χ3n) is 4.42. The van der Waals surface area contributed by atoms with Crippen LogP contribution in [0.4, 0.5) is 0 Å². The fourth-order valence-electron chi connectivity index (χ4n) is 1.81. The maximum atomic E-state index is 11.9. The first-order valence-corrected chi connectivity index (χ1v) is 10.7. The van der Waals surface area contributed by atoms with Gasteiger partial charge in [0.05, 0.1) is 0 Å². The zero-order valence-corrected chi connectivity index (χ0v) is 15.2. The fourth-order valence-corrected chi connectivity index (χ4v) is 2.73. The number of rotatable bonds is 4. The van der Waals surface area contributed by atoms with Crippen LogP contribution in [0.2, 0.25) is 18.1 Å². The standard InChI is InChI=1S/C16H27NO4Si/c1-16(2,3)22(4,5)11-7-8-12(15(19)20)17-14(18)13-9-6-10-21-13/h12-13H,6,8-10H2,1-5H3,(H,17,18)(H,19,20)/t12-,13-/m1/s1. The Hall–Kier alpha value is -1.32. The average Bonchev–Trinajstić information content (AvgIpc) is 2.89. The summed E-state index contributed by atoms with van der Waals surface area (Å²) in [7, 11) is -1.76. The fraction of sp³-hybridized carbons (Fsp3) is 0.750. The van der Waals surface area contributed by atoms with E-state index in [0.29, 0.717) is 13.0 Å². The molecule has 5 nitrogen and oxygen atoms in total. The van der Waals surface area contributed by atoms with Gasteiger partial charge in [0.1, 0.15) is 20.2 Å². The predicted molar refractivity (Wildman–Crippen MR) is 88.1 cm³/mol. The number of carbonyl (C=O) groups is 2. The molecule has 0 unspecified atom stereocenters. The van der Waals surface area contributed by atoms with Crippen LogP contribution in [-0.2, 0) is 14.3 Å². The second-order valence-electron chi connectivity index (χ2n) is 7.28. The number of carbonyl (C=O) groups excluding carboxylic acids is 1. The second kappa shape index (κ2) is 7.29. The van der Waals surface area contributed by atoms with Gasteiger partial charge < -0.3 is 15.2 Å². The highest BCUT2D eigenvalue weighted by Gasteiger charge is 2.34. The summed E-state index contributed by atoms with van der Waals surface area (Å²) in [4.78, 5) is 23.2. The topological polar surface area (TPSA) is 75.6 Å². The number of ether oxygens (including phenoxy) is 1. The lowest BCUT2D eigenvalue weighted by molar-refractivity contribution is -0.143. The Kier molecular flexibility index (Phi) is 6.21. The number of carboxylic acid groups (broad SMARTS) is 1. The number of carboxylic acids is 1. The third-order valence-corrected chi connectivity index (χ3v) is 8.97. The molecular formula is C16H27NO4Si. The van der Waals surface area contributed by atoms with E-state index in [0.717, 1.165) is 6.42 Å². The summed E-state index contributed by atoms with van der Waals surface area (Å²) in [6.45, 7) is 11.4. The molecule has 1 rings (SSSR count). The predicted octanol–water partition coefficient (Wildman–Crippen LogP) is 2.18. The second-order valence-corrected chi connectivity index (χ2v) is 12.3. The van der Waals surface area contributed by atoms with Gasteiger partial charge >= 0.3 is 5.97 Å². The van der Waals surface area contributed by atoms with Crippen molar-refractivity contribution in [3.63, 3.8) is 0 Å². The molecule has 6 heteroatoms. The van der Waals surface area contributed by atoms with E-state index >= 15 is 0 Å². The number of nitrogens with one attached hydrogen (secondary N) is 1. The highest BCUT2D eigenvalue weighted by atomic mass is 28.3. The normalized spacial score (nSPS) is 20.0. The molecule has 0 aliphatic carbocycles. The minimum atomic E-state index is -1.76. The van der Waals surface area contributed by atoms with E-state index < -0.39 is 26.2 Å². The van der Waals surface area contributed by atoms with Crippen LogP contribution in [0.3, 0.4) is 0 Å². The van der Waals surface area contributed by atoms with Crippen molar-refractivity contribution in [1.29, 1.82) is 0 Å². The molecule has 0 saturated carbocycles. The van der Waals surface area contributed by atoms with Crippen LogP contribution in [0.5, 0.6) is 0 Å². The summed E-state index contributed by atoms with van der Waals surface area (Å²) in [5.74, 6) is 1.58. The molecule has 1 saturated heterocycles. The maximum Gasteiger partial charge on any atom is 0.327 e. The first-order chi connectivity index (χ1) is 10.0. The zero-order chi connectivity index (χ0) is 17.0. The molecule has 0 spiro atoms. The van der Waals surface area contributed by atoms with Crippen LogP contribution in [0.1, 0.15) is 40.0 Å². The lowest BCUT2D eigenvalue weighted by Gasteiger charge is -2.31. The van der Waals surface area contributed by atoms with Crippen LogP contribution in [0.25, 0.3) is 0 Å². The monoisotopic (exact) mass is 325 g/mol. The van der Waals surface area contributed by atoms with E-state index in [4.69, 9.17) is 4.74 Å². The van der Waals surface area contributed by atoms with E-state index in [2.05, 4.69) is 50.6 Å². The third kappa shape index (κ3) is 5.15. The van der Waals surface area contributed by atoms with E-state index in [1.54, 1.807) is 0 Å². The van der Waals surface area contributed by atoms with Crippen molar-refractivity contribution < 1.29 is 19.4 Å². The summed E-state index contributed by atoms with van der Waals surface area (Å²) in [5, 5.41) is 11.9. The van der Waals surface area contributed by atoms with Crippen molar-refractivity contribution in [2.45, 2.75) is 70.3 Å². The van der Waals surface area contributed by atoms with E-state index in [9.17, 15) is 14.7 Å². The molecule has 1 aliphatic rings. The number of hydrogen-bond donors (Lipinski definition) is 2. The quantitative estimate of drug-likeness (QED) is 0.613. The highest BCUT2D eigenvalue weighted by Crippen LogP contribution is 2.35. The molecule has 22 heavy (non-hydrogen) atoms. The summed E-state index contributed by atoms with van der Waals surface area (Å²) >= 11 is 0. The molecule has 124 valence electrons. The molecule has 0 bridgehead atoms. The van der Waals surface area contributed by atoms with Gasteiger partial charge in [-0.15, -0.1) is 11.5 Å². The lowest BCUT2D eigenvalue weighted by Crippen LogP contribution is -2.45. The van der Waals surface area contributed by atoms with Crippen LogP contribution in [0, 0.1) is 11.5 Å². The minimum absolute atomic E-state index is 0.125. The van der Waals surface area contributed by atoms with E-state index in [1.807, 2.05) is 0 Å². The Morgan fingerprint density at radius 1 is 1.41 bits per heavy atom. The van der Waals surface area contributed by atoms with Gasteiger partial charge in [0, 0.05) is 13.0 Å². The first-order valence-electron chi connectivity index (χ1n) is 7.69. The molecule has 0 radical (unpaired) electrons. The Balaban J connectivity index is 2.66. The number of aliphatic carboxylic acids is 1. The van der Waals surface area contributed by atoms with Crippen LogP contribution >= 0.6 is 0 Å². The first kappa shape index (κ1) is 18.7. The van der Waals surface area contributed by atoms with Crippen molar-refractivity contribution in [1.82, 2.24) is 5.32 Å². The van der Waals surface area contributed by atoms with Crippen LogP contribution < -0.4 is 5.32 Å². The van der Waals surface area contributed by atoms with Gasteiger partial charge in [-0.2, -0.15) is 0 Å². The van der Waals surface area contributed by atoms with Gasteiger partial charge in [-0.05, 0) is 17.9 Å². The van der Waals surface area contributed by atoms with Crippen molar-refractivity contribution in [2.24, 2.45) is 0 Å². The van der Waals surface area contributed by atoms with Gasteiger partial charge in [0.2, 0.25) is 5.91 Å². The summed E-state index contributed by atoms with van der Waals surface area (Å²) in [5.41, 5.74) is 3.27. The molecule has 2 N–H and O–H groups in total. The molecular weight excluding hydrogens is 298 g/mol. The van der Waals surface area contributed by atoms with Crippen molar-refractivity contribution in [2.75, 3.05) is 6.61 Å². The van der Waals surface area contributed by atoms with E-state index in [1.165, 1.54) is 0 Å². The van der Waals surface area contributed by atoms with Gasteiger partial charge in [0.15, 0.2) is 0 Å². The molecule has 0 aromatic rings. The zero-order valence-electron chi connectivity index (χ0n) is 14.2. The Labute approximate surface area is 133 Å². The van der Waals surface area contributed by atoms with E-state index in [-0.39, 0.29) is 17.4 Å². The van der Waals surface area contributed by atoms with Crippen molar-refractivity contribution >= 4 is 20.0 Å². The molecule has 1 aliphatic heterocycles. The SMILES string of the molecule is CC(C)(C)[Si](C)(C)C#CC[C@@H](NC(=O)[C@H]1CCCO1)C(=O)O. The Morgan fingerprint density at radius 3 is 2.50 bits per heavy atom. The van der Waals surface area contributed by atoms with Gasteiger partial charge in [-0.1, -0.05) is 33.9 Å². The lowest BCUT2D eigenvalue weighted by atomic mass is 10.2. The highest BCUT2D eigenvalue weighted by molar-refractivity contribution is 6.87. The molecule has 1 amide bonds. The van der Waals surface area contributed by atoms with Crippen LogP contribution in [-0.4, -0.2) is 43.8 Å². The molecule has 0 aromatic heterocycles. The summed E-state index contributed by atoms with van der Waals surface area (Å²) in [6, 6.07) is -0.978. The molecule has 1 heterocycles. The van der Waals surface area contributed by atoms with Gasteiger partial charge in [0.25, 0.3) is 0 Å². The molecule has 2 atom stereocenters. The Morgan fingerprint density at radius 2 is 2.05 bits per heavy atom. The molecule has 0 aromatic carbocycles. The van der Waals surface area contributed by atoms with Crippen molar-refractivity contribution in [3.8, 4) is 11.5 Å². The summed E-state index contributed by atoms with van der Waals surface area (Å²) < 4.78 is 5.26. The minimum Gasteiger partial charge on any atom is -0.480 e. The van der Waals surface area contributed by atoms with Crippen molar-refractivity contribution in [3.05, 3.63) is 0 Å². The average molecular weight is 325 g/mol. The number of hydrogen-bond acceptors (Lipinski definition) is 3. The summed E-state index contributed by atoms with van der Waals surface area (Å²) in [6.07, 6.45) is 1.09. The maximum absolute atomic E-state index is 11.9. The largest absolute Gasteiger partial charge is 0.480 e.